The third-order valence-corrected chi connectivity index (χ3v) is 3.99. The van der Waals surface area contributed by atoms with Crippen LogP contribution in [-0.2, 0) is 12.8 Å². The Hall–Kier alpha value is -1.16. The van der Waals surface area contributed by atoms with E-state index >= 15 is 0 Å². The van der Waals surface area contributed by atoms with Gasteiger partial charge in [0.15, 0.2) is 0 Å². The number of rotatable bonds is 0. The van der Waals surface area contributed by atoms with Gasteiger partial charge in [0.2, 0.25) is 0 Å². The van der Waals surface area contributed by atoms with Crippen LogP contribution in [0.5, 0.6) is 0 Å². The van der Waals surface area contributed by atoms with Crippen LogP contribution in [0.15, 0.2) is 10.5 Å². The lowest BCUT2D eigenvalue weighted by atomic mass is 10.0. The van der Waals surface area contributed by atoms with Gasteiger partial charge in [-0.3, -0.25) is 4.98 Å². The minimum absolute atomic E-state index is 0.301. The zero-order valence-electron chi connectivity index (χ0n) is 9.48. The molecule has 3 rings (SSSR count). The number of aryl methyl sites for hydroxylation is 2. The van der Waals surface area contributed by atoms with Crippen LogP contribution < -0.4 is 5.73 Å². The van der Waals surface area contributed by atoms with Gasteiger partial charge >= 0.3 is 0 Å². The summed E-state index contributed by atoms with van der Waals surface area (Å²) in [7, 11) is 0. The van der Waals surface area contributed by atoms with Crippen molar-refractivity contribution in [3.05, 3.63) is 33.2 Å². The SMILES string of the molecule is Cc1cc(Br)c(F)c2c(N)c3c(nc12)CCC3. The molecule has 0 amide bonds. The Bertz CT molecular complexity index is 637. The molecule has 1 heterocycles. The van der Waals surface area contributed by atoms with Crippen LogP contribution in [0.1, 0.15) is 23.2 Å². The molecule has 2 nitrogen and oxygen atoms in total. The number of anilines is 1. The molecule has 1 aromatic heterocycles. The number of hydrogen-bond donors (Lipinski definition) is 1. The molecule has 0 atom stereocenters. The summed E-state index contributed by atoms with van der Waals surface area (Å²) in [5, 5.41) is 0.470. The zero-order chi connectivity index (χ0) is 12.2. The minimum Gasteiger partial charge on any atom is -0.398 e. The van der Waals surface area contributed by atoms with E-state index < -0.39 is 0 Å². The highest BCUT2D eigenvalue weighted by Gasteiger charge is 2.21. The number of benzene rings is 1. The van der Waals surface area contributed by atoms with Crippen LogP contribution in [0.25, 0.3) is 10.9 Å². The maximum absolute atomic E-state index is 14.1. The summed E-state index contributed by atoms with van der Waals surface area (Å²) < 4.78 is 14.6. The molecule has 0 spiro atoms. The molecular formula is C13H12BrFN2. The molecule has 88 valence electrons. The molecule has 1 aliphatic carbocycles. The van der Waals surface area contributed by atoms with Crippen molar-refractivity contribution in [3.8, 4) is 0 Å². The van der Waals surface area contributed by atoms with Crippen molar-refractivity contribution in [1.82, 2.24) is 4.98 Å². The summed E-state index contributed by atoms with van der Waals surface area (Å²) in [5.74, 6) is -0.301. The fourth-order valence-electron chi connectivity index (χ4n) is 2.56. The van der Waals surface area contributed by atoms with Crippen molar-refractivity contribution in [2.45, 2.75) is 26.2 Å². The van der Waals surface area contributed by atoms with Crippen LogP contribution in [-0.4, -0.2) is 4.98 Å². The van der Waals surface area contributed by atoms with Gasteiger partial charge in [-0.25, -0.2) is 4.39 Å². The molecule has 0 bridgehead atoms. The maximum Gasteiger partial charge on any atom is 0.148 e. The van der Waals surface area contributed by atoms with E-state index in [1.54, 1.807) is 6.07 Å². The van der Waals surface area contributed by atoms with Crippen LogP contribution in [0.3, 0.4) is 0 Å². The summed E-state index contributed by atoms with van der Waals surface area (Å²) in [6, 6.07) is 1.76. The van der Waals surface area contributed by atoms with E-state index in [2.05, 4.69) is 20.9 Å². The molecule has 17 heavy (non-hydrogen) atoms. The Morgan fingerprint density at radius 2 is 2.18 bits per heavy atom. The lowest BCUT2D eigenvalue weighted by molar-refractivity contribution is 0.633. The molecule has 1 aromatic carbocycles. The fourth-order valence-corrected chi connectivity index (χ4v) is 3.10. The average Bonchev–Trinajstić information content (AvgIpc) is 2.74. The number of hydrogen-bond acceptors (Lipinski definition) is 2. The molecule has 0 radical (unpaired) electrons. The third-order valence-electron chi connectivity index (χ3n) is 3.41. The van der Waals surface area contributed by atoms with Crippen molar-refractivity contribution >= 4 is 32.5 Å². The Morgan fingerprint density at radius 1 is 1.41 bits per heavy atom. The monoisotopic (exact) mass is 294 g/mol. The normalized spacial score (nSPS) is 14.3. The second-order valence-corrected chi connectivity index (χ2v) is 5.37. The van der Waals surface area contributed by atoms with Crippen LogP contribution in [0.4, 0.5) is 10.1 Å². The van der Waals surface area contributed by atoms with Gasteiger partial charge in [-0.1, -0.05) is 0 Å². The summed E-state index contributed by atoms with van der Waals surface area (Å²) in [6.07, 6.45) is 2.92. The summed E-state index contributed by atoms with van der Waals surface area (Å²) in [4.78, 5) is 4.58. The Morgan fingerprint density at radius 3 is 2.94 bits per heavy atom. The average molecular weight is 295 g/mol. The molecule has 0 fully saturated rings. The Balaban J connectivity index is 2.52. The second-order valence-electron chi connectivity index (χ2n) is 4.52. The van der Waals surface area contributed by atoms with Crippen molar-refractivity contribution < 1.29 is 4.39 Å². The van der Waals surface area contributed by atoms with Gasteiger partial charge in [-0.2, -0.15) is 0 Å². The van der Waals surface area contributed by atoms with Crippen molar-refractivity contribution in [1.29, 1.82) is 0 Å². The lowest BCUT2D eigenvalue weighted by Crippen LogP contribution is -2.02. The predicted molar refractivity (Wildman–Crippen MR) is 70.6 cm³/mol. The molecular weight excluding hydrogens is 283 g/mol. The van der Waals surface area contributed by atoms with Gasteiger partial charge in [-0.15, -0.1) is 0 Å². The van der Waals surface area contributed by atoms with Crippen LogP contribution in [0.2, 0.25) is 0 Å². The highest BCUT2D eigenvalue weighted by Crippen LogP contribution is 2.36. The van der Waals surface area contributed by atoms with Gasteiger partial charge in [0.05, 0.1) is 15.4 Å². The molecule has 0 saturated carbocycles. The maximum atomic E-state index is 14.1. The second kappa shape index (κ2) is 3.67. The topological polar surface area (TPSA) is 38.9 Å². The predicted octanol–water partition coefficient (Wildman–Crippen LogP) is 3.52. The Labute approximate surface area is 107 Å². The van der Waals surface area contributed by atoms with E-state index in [9.17, 15) is 4.39 Å². The molecule has 0 aliphatic heterocycles. The van der Waals surface area contributed by atoms with Gasteiger partial charge in [0.1, 0.15) is 5.82 Å². The van der Waals surface area contributed by atoms with E-state index in [1.807, 2.05) is 6.92 Å². The highest BCUT2D eigenvalue weighted by molar-refractivity contribution is 9.10. The van der Waals surface area contributed by atoms with Crippen molar-refractivity contribution in [3.63, 3.8) is 0 Å². The van der Waals surface area contributed by atoms with Crippen molar-refractivity contribution in [2.24, 2.45) is 0 Å². The standard InChI is InChI=1S/C13H12BrFN2/c1-6-5-8(14)11(15)10-12(16)7-3-2-4-9(7)17-13(6)10/h5H,2-4H2,1H3,(H2,16,17). The quantitative estimate of drug-likeness (QED) is 0.807. The number of aromatic nitrogens is 1. The first kappa shape index (κ1) is 11.0. The molecule has 2 aromatic rings. The minimum atomic E-state index is -0.301. The van der Waals surface area contributed by atoms with Gasteiger partial charge < -0.3 is 5.73 Å². The molecule has 0 unspecified atom stereocenters. The first-order chi connectivity index (χ1) is 8.09. The lowest BCUT2D eigenvalue weighted by Gasteiger charge is -2.11. The number of nitrogens with zero attached hydrogens (tertiary/aromatic N) is 1. The van der Waals surface area contributed by atoms with Gasteiger partial charge in [-0.05, 0) is 59.3 Å². The number of nitrogen functional groups attached to an aromatic ring is 1. The molecule has 0 saturated heterocycles. The zero-order valence-corrected chi connectivity index (χ0v) is 11.1. The van der Waals surface area contributed by atoms with E-state index in [0.29, 0.717) is 21.1 Å². The smallest absolute Gasteiger partial charge is 0.148 e. The fraction of sp³-hybridized carbons (Fsp3) is 0.308. The number of halogens is 2. The first-order valence-electron chi connectivity index (χ1n) is 5.65. The van der Waals surface area contributed by atoms with E-state index in [4.69, 9.17) is 5.73 Å². The molecule has 4 heteroatoms. The highest BCUT2D eigenvalue weighted by atomic mass is 79.9. The van der Waals surface area contributed by atoms with E-state index in [1.165, 1.54) is 0 Å². The third kappa shape index (κ3) is 1.47. The van der Waals surface area contributed by atoms with Crippen LogP contribution in [0, 0.1) is 12.7 Å². The largest absolute Gasteiger partial charge is 0.398 e. The summed E-state index contributed by atoms with van der Waals surface area (Å²) >= 11 is 3.22. The van der Waals surface area contributed by atoms with Crippen LogP contribution >= 0.6 is 15.9 Å². The van der Waals surface area contributed by atoms with Gasteiger partial charge in [0, 0.05) is 11.4 Å². The summed E-state index contributed by atoms with van der Waals surface area (Å²) in [6.45, 7) is 1.93. The number of fused-ring (bicyclic) bond motifs is 2. The number of pyridine rings is 1. The van der Waals surface area contributed by atoms with E-state index in [-0.39, 0.29) is 5.82 Å². The van der Waals surface area contributed by atoms with Gasteiger partial charge in [0.25, 0.3) is 0 Å². The molecule has 1 aliphatic rings. The Kier molecular flexibility index (Phi) is 2.36. The van der Waals surface area contributed by atoms with E-state index in [0.717, 1.165) is 36.1 Å². The summed E-state index contributed by atoms with van der Waals surface area (Å²) in [5.41, 5.74) is 10.4. The first-order valence-corrected chi connectivity index (χ1v) is 6.44. The molecule has 2 N–H and O–H groups in total. The number of nitrogens with two attached hydrogens (primary N) is 1. The van der Waals surface area contributed by atoms with Crippen molar-refractivity contribution in [2.75, 3.05) is 5.73 Å².